The second kappa shape index (κ2) is 8.03. The number of morpholine rings is 1. The lowest BCUT2D eigenvalue weighted by atomic mass is 10.1. The van der Waals surface area contributed by atoms with Gasteiger partial charge in [-0.1, -0.05) is 13.3 Å². The second-order valence-corrected chi connectivity index (χ2v) is 8.99. The van der Waals surface area contributed by atoms with E-state index in [1.165, 1.54) is 52.1 Å². The average Bonchev–Trinajstić information content (AvgIpc) is 3.39. The van der Waals surface area contributed by atoms with Gasteiger partial charge in [-0.05, 0) is 43.7 Å². The van der Waals surface area contributed by atoms with E-state index in [1.54, 1.807) is 11.3 Å². The first kappa shape index (κ1) is 19.0. The summed E-state index contributed by atoms with van der Waals surface area (Å²) in [6.07, 6.45) is 7.76. The molecule has 3 aromatic heterocycles. The van der Waals surface area contributed by atoms with Crippen LogP contribution in [0.3, 0.4) is 0 Å². The van der Waals surface area contributed by atoms with Crippen molar-refractivity contribution in [1.29, 1.82) is 0 Å². The highest BCUT2D eigenvalue weighted by Gasteiger charge is 2.29. The molecule has 3 aromatic rings. The van der Waals surface area contributed by atoms with Crippen LogP contribution in [0.1, 0.15) is 44.2 Å². The molecule has 0 amide bonds. The van der Waals surface area contributed by atoms with Gasteiger partial charge in [0.15, 0.2) is 5.52 Å². The molecule has 7 heteroatoms. The van der Waals surface area contributed by atoms with Crippen molar-refractivity contribution in [1.82, 2.24) is 9.97 Å². The number of rotatable bonds is 6. The van der Waals surface area contributed by atoms with Gasteiger partial charge in [0, 0.05) is 13.1 Å². The van der Waals surface area contributed by atoms with Gasteiger partial charge in [-0.15, -0.1) is 16.3 Å². The standard InChI is InChI=1S/C22H29N5OS/c1-3-5-9-26(4-2)21-19-18(23-14-24-21)17-15-7-6-8-16(15)20(25-22(17)29-19)27-10-12-28-13-11-27/h14H,3-13H2,1-2H3/p+1. The van der Waals surface area contributed by atoms with Crippen molar-refractivity contribution in [3.8, 4) is 0 Å². The highest BCUT2D eigenvalue weighted by atomic mass is 32.1. The van der Waals surface area contributed by atoms with E-state index in [0.29, 0.717) is 0 Å². The Morgan fingerprint density at radius 2 is 2.03 bits per heavy atom. The van der Waals surface area contributed by atoms with Crippen molar-refractivity contribution < 1.29 is 9.72 Å². The van der Waals surface area contributed by atoms with Crippen molar-refractivity contribution in [2.75, 3.05) is 49.2 Å². The Morgan fingerprint density at radius 3 is 2.83 bits per heavy atom. The fourth-order valence-corrected chi connectivity index (χ4v) is 5.93. The predicted octanol–water partition coefficient (Wildman–Crippen LogP) is 3.61. The fourth-order valence-electron chi connectivity index (χ4n) is 4.75. The van der Waals surface area contributed by atoms with E-state index in [2.05, 4.69) is 28.6 Å². The third-order valence-corrected chi connectivity index (χ3v) is 7.34. The predicted molar refractivity (Wildman–Crippen MR) is 119 cm³/mol. The number of nitrogens with zero attached hydrogens (tertiary/aromatic N) is 4. The third-order valence-electron chi connectivity index (χ3n) is 6.26. The first-order valence-electron chi connectivity index (χ1n) is 11.0. The van der Waals surface area contributed by atoms with E-state index >= 15 is 0 Å². The van der Waals surface area contributed by atoms with Crippen LogP contribution in [0.15, 0.2) is 6.33 Å². The zero-order valence-electron chi connectivity index (χ0n) is 17.5. The van der Waals surface area contributed by atoms with E-state index in [-0.39, 0.29) is 0 Å². The molecule has 0 spiro atoms. The molecule has 0 saturated carbocycles. The third kappa shape index (κ3) is 3.24. The number of hydrogen-bond acceptors (Lipinski definition) is 6. The molecule has 0 bridgehead atoms. The molecule has 6 nitrogen and oxygen atoms in total. The summed E-state index contributed by atoms with van der Waals surface area (Å²) in [5.74, 6) is 2.40. The number of aromatic nitrogens is 3. The molecular formula is C22H30N5OS+. The Hall–Kier alpha value is -1.99. The number of unbranched alkanes of at least 4 members (excludes halogenated alkanes) is 1. The van der Waals surface area contributed by atoms with Crippen LogP contribution in [0, 0.1) is 0 Å². The largest absolute Gasteiger partial charge is 0.378 e. The Morgan fingerprint density at radius 1 is 1.21 bits per heavy atom. The highest BCUT2D eigenvalue weighted by molar-refractivity contribution is 7.26. The van der Waals surface area contributed by atoms with Crippen LogP contribution in [-0.2, 0) is 17.6 Å². The van der Waals surface area contributed by atoms with Gasteiger partial charge in [-0.3, -0.25) is 4.90 Å². The van der Waals surface area contributed by atoms with Gasteiger partial charge in [0.2, 0.25) is 12.1 Å². The lowest BCUT2D eigenvalue weighted by Crippen LogP contribution is -2.37. The maximum atomic E-state index is 5.58. The smallest absolute Gasteiger partial charge is 0.242 e. The molecule has 4 heterocycles. The Balaban J connectivity index is 1.68. The van der Waals surface area contributed by atoms with Crippen molar-refractivity contribution in [2.45, 2.75) is 46.0 Å². The molecule has 1 aliphatic heterocycles. The van der Waals surface area contributed by atoms with Crippen molar-refractivity contribution >= 4 is 43.4 Å². The van der Waals surface area contributed by atoms with Gasteiger partial charge in [-0.2, -0.15) is 0 Å². The highest BCUT2D eigenvalue weighted by Crippen LogP contribution is 2.43. The molecule has 1 aliphatic carbocycles. The quantitative estimate of drug-likeness (QED) is 0.619. The summed E-state index contributed by atoms with van der Waals surface area (Å²) in [5, 5.41) is 1.30. The molecule has 1 N–H and O–H groups in total. The van der Waals surface area contributed by atoms with Gasteiger partial charge in [0.25, 0.3) is 0 Å². The maximum Gasteiger partial charge on any atom is 0.242 e. The molecule has 154 valence electrons. The van der Waals surface area contributed by atoms with Gasteiger partial charge >= 0.3 is 0 Å². The normalized spacial score (nSPS) is 16.7. The maximum absolute atomic E-state index is 5.58. The first-order chi connectivity index (χ1) is 14.3. The number of H-pyrrole nitrogens is 1. The van der Waals surface area contributed by atoms with Crippen LogP contribution in [0.4, 0.5) is 11.6 Å². The van der Waals surface area contributed by atoms with Gasteiger partial charge in [-0.25, -0.2) is 9.97 Å². The molecule has 0 unspecified atom stereocenters. The molecule has 0 atom stereocenters. The lowest BCUT2D eigenvalue weighted by Gasteiger charge is -2.29. The van der Waals surface area contributed by atoms with Crippen LogP contribution in [0.5, 0.6) is 0 Å². The number of aryl methyl sites for hydroxylation is 1. The first-order valence-corrected chi connectivity index (χ1v) is 11.9. The monoisotopic (exact) mass is 412 g/mol. The number of fused-ring (bicyclic) bond motifs is 5. The second-order valence-electron chi connectivity index (χ2n) is 7.99. The summed E-state index contributed by atoms with van der Waals surface area (Å²) >= 11 is 1.81. The molecule has 1 fully saturated rings. The topological polar surface area (TPSA) is 55.6 Å². The van der Waals surface area contributed by atoms with Crippen LogP contribution in [0.2, 0.25) is 0 Å². The summed E-state index contributed by atoms with van der Waals surface area (Å²) in [4.78, 5) is 19.5. The Bertz CT molecular complexity index is 1030. The molecule has 1 saturated heterocycles. The fraction of sp³-hybridized carbons (Fsp3) is 0.591. The van der Waals surface area contributed by atoms with Crippen LogP contribution in [-0.4, -0.2) is 49.4 Å². The molecule has 5 rings (SSSR count). The number of anilines is 2. The summed E-state index contributed by atoms with van der Waals surface area (Å²) in [6, 6.07) is 0. The lowest BCUT2D eigenvalue weighted by molar-refractivity contribution is -0.366. The molecule has 0 radical (unpaired) electrons. The Kier molecular flexibility index (Phi) is 5.26. The zero-order chi connectivity index (χ0) is 19.8. The number of hydrogen-bond donors (Lipinski definition) is 0. The number of pyridine rings is 1. The van der Waals surface area contributed by atoms with Gasteiger partial charge < -0.3 is 9.64 Å². The minimum absolute atomic E-state index is 0.796. The summed E-state index contributed by atoms with van der Waals surface area (Å²) < 4.78 is 6.83. The SMILES string of the molecule is CCCCN(CC)c1[nH+]cnc2c1sc1nc(N3CCOCC3)c3c(c12)CCC3. The van der Waals surface area contributed by atoms with E-state index < -0.39 is 0 Å². The summed E-state index contributed by atoms with van der Waals surface area (Å²) in [5.41, 5.74) is 4.07. The van der Waals surface area contributed by atoms with Crippen molar-refractivity contribution in [3.05, 3.63) is 17.5 Å². The van der Waals surface area contributed by atoms with Crippen LogP contribution < -0.4 is 14.8 Å². The van der Waals surface area contributed by atoms with E-state index in [1.807, 2.05) is 6.33 Å². The number of ether oxygens (including phenoxy) is 1. The van der Waals surface area contributed by atoms with E-state index in [4.69, 9.17) is 14.7 Å². The number of aromatic amines is 1. The molecule has 2 aliphatic rings. The average molecular weight is 413 g/mol. The van der Waals surface area contributed by atoms with Crippen LogP contribution in [0.25, 0.3) is 20.4 Å². The van der Waals surface area contributed by atoms with E-state index in [0.717, 1.165) is 62.6 Å². The molecular weight excluding hydrogens is 382 g/mol. The van der Waals surface area contributed by atoms with Crippen molar-refractivity contribution in [2.24, 2.45) is 0 Å². The van der Waals surface area contributed by atoms with Gasteiger partial charge in [0.1, 0.15) is 15.3 Å². The zero-order valence-corrected chi connectivity index (χ0v) is 18.3. The Labute approximate surface area is 175 Å². The van der Waals surface area contributed by atoms with E-state index in [9.17, 15) is 0 Å². The van der Waals surface area contributed by atoms with Crippen molar-refractivity contribution in [3.63, 3.8) is 0 Å². The number of thiophene rings is 1. The summed E-state index contributed by atoms with van der Waals surface area (Å²) in [7, 11) is 0. The number of nitrogens with one attached hydrogen (secondary N) is 1. The van der Waals surface area contributed by atoms with Gasteiger partial charge in [0.05, 0.1) is 31.7 Å². The van der Waals surface area contributed by atoms with Crippen LogP contribution >= 0.6 is 11.3 Å². The minimum Gasteiger partial charge on any atom is -0.378 e. The minimum atomic E-state index is 0.796. The molecule has 29 heavy (non-hydrogen) atoms. The summed E-state index contributed by atoms with van der Waals surface area (Å²) in [6.45, 7) is 10.0. The molecule has 0 aromatic carbocycles.